The van der Waals surface area contributed by atoms with E-state index in [-0.39, 0.29) is 24.4 Å². The lowest BCUT2D eigenvalue weighted by Crippen LogP contribution is -2.21. The first kappa shape index (κ1) is 19.6. The predicted octanol–water partition coefficient (Wildman–Crippen LogP) is 3.74. The number of fused-ring (bicyclic) bond motifs is 1. The number of aryl methyl sites for hydroxylation is 1. The van der Waals surface area contributed by atoms with Gasteiger partial charge >= 0.3 is 0 Å². The van der Waals surface area contributed by atoms with Crippen molar-refractivity contribution >= 4 is 39.7 Å². The SMILES string of the molecule is CC(=O)Nc1ccc(-c2csc3nc(NC(=O)COc4cccc(C)c4)nn23)cc1. The molecule has 0 unspecified atom stereocenters. The molecule has 0 saturated carbocycles. The Kier molecular flexibility index (Phi) is 5.44. The number of aromatic nitrogens is 3. The summed E-state index contributed by atoms with van der Waals surface area (Å²) in [5, 5.41) is 11.7. The van der Waals surface area contributed by atoms with Gasteiger partial charge in [0.2, 0.25) is 10.9 Å². The lowest BCUT2D eigenvalue weighted by atomic mass is 10.1. The number of benzene rings is 2. The van der Waals surface area contributed by atoms with Crippen LogP contribution in [-0.4, -0.2) is 33.0 Å². The summed E-state index contributed by atoms with van der Waals surface area (Å²) in [6.45, 7) is 3.29. The average molecular weight is 421 g/mol. The van der Waals surface area contributed by atoms with Gasteiger partial charge in [-0.15, -0.1) is 16.4 Å². The first-order chi connectivity index (χ1) is 14.5. The molecule has 2 amide bonds. The van der Waals surface area contributed by atoms with Gasteiger partial charge in [0.1, 0.15) is 5.75 Å². The van der Waals surface area contributed by atoms with Gasteiger partial charge in [-0.3, -0.25) is 14.9 Å². The molecule has 152 valence electrons. The van der Waals surface area contributed by atoms with Crippen LogP contribution < -0.4 is 15.4 Å². The highest BCUT2D eigenvalue weighted by atomic mass is 32.1. The Labute approximate surface area is 176 Å². The third kappa shape index (κ3) is 4.47. The molecule has 4 rings (SSSR count). The third-order valence-corrected chi connectivity index (χ3v) is 5.01. The Bertz CT molecular complexity index is 1210. The van der Waals surface area contributed by atoms with E-state index in [1.165, 1.54) is 18.3 Å². The number of ether oxygens (including phenoxy) is 1. The zero-order chi connectivity index (χ0) is 21.1. The first-order valence-electron chi connectivity index (χ1n) is 9.19. The monoisotopic (exact) mass is 421 g/mol. The van der Waals surface area contributed by atoms with Gasteiger partial charge in [-0.2, -0.15) is 4.98 Å². The Hall–Kier alpha value is -3.72. The molecule has 4 aromatic rings. The quantitative estimate of drug-likeness (QED) is 0.494. The number of amides is 2. The third-order valence-electron chi connectivity index (χ3n) is 4.19. The number of thiazole rings is 1. The maximum Gasteiger partial charge on any atom is 0.264 e. The van der Waals surface area contributed by atoms with Crippen LogP contribution >= 0.6 is 11.3 Å². The van der Waals surface area contributed by atoms with Crippen molar-refractivity contribution in [2.24, 2.45) is 0 Å². The number of rotatable bonds is 6. The number of hydrogen-bond acceptors (Lipinski definition) is 6. The maximum atomic E-state index is 12.2. The van der Waals surface area contributed by atoms with E-state index in [1.54, 1.807) is 10.6 Å². The van der Waals surface area contributed by atoms with E-state index in [1.807, 2.05) is 54.8 Å². The second-order valence-corrected chi connectivity index (χ2v) is 7.50. The molecule has 0 fully saturated rings. The molecule has 2 heterocycles. The molecule has 2 aromatic heterocycles. The molecule has 0 radical (unpaired) electrons. The molecule has 0 bridgehead atoms. The largest absolute Gasteiger partial charge is 0.484 e. The van der Waals surface area contributed by atoms with Crippen LogP contribution in [0.4, 0.5) is 11.6 Å². The molecule has 2 N–H and O–H groups in total. The van der Waals surface area contributed by atoms with Crippen molar-refractivity contribution in [2.75, 3.05) is 17.2 Å². The molecule has 9 heteroatoms. The van der Waals surface area contributed by atoms with E-state index < -0.39 is 0 Å². The number of nitrogens with one attached hydrogen (secondary N) is 2. The van der Waals surface area contributed by atoms with E-state index in [0.29, 0.717) is 10.7 Å². The zero-order valence-corrected chi connectivity index (χ0v) is 17.2. The fourth-order valence-corrected chi connectivity index (χ4v) is 3.71. The van der Waals surface area contributed by atoms with Gasteiger partial charge in [0.15, 0.2) is 6.61 Å². The average Bonchev–Trinajstić information content (AvgIpc) is 3.27. The van der Waals surface area contributed by atoms with Crippen molar-refractivity contribution in [3.63, 3.8) is 0 Å². The van der Waals surface area contributed by atoms with E-state index >= 15 is 0 Å². The van der Waals surface area contributed by atoms with Crippen molar-refractivity contribution < 1.29 is 14.3 Å². The van der Waals surface area contributed by atoms with E-state index in [2.05, 4.69) is 20.7 Å². The molecule has 0 saturated heterocycles. The molecule has 30 heavy (non-hydrogen) atoms. The van der Waals surface area contributed by atoms with Crippen molar-refractivity contribution in [2.45, 2.75) is 13.8 Å². The summed E-state index contributed by atoms with van der Waals surface area (Å²) in [6, 6.07) is 14.9. The number of carbonyl (C=O) groups is 2. The molecule has 0 aliphatic heterocycles. The van der Waals surface area contributed by atoms with Crippen molar-refractivity contribution in [3.05, 3.63) is 59.5 Å². The summed E-state index contributed by atoms with van der Waals surface area (Å²) in [7, 11) is 0. The van der Waals surface area contributed by atoms with E-state index in [0.717, 1.165) is 22.5 Å². The molecule has 8 nitrogen and oxygen atoms in total. The van der Waals surface area contributed by atoms with Gasteiger partial charge in [0.25, 0.3) is 11.9 Å². The Morgan fingerprint density at radius 1 is 1.13 bits per heavy atom. The highest BCUT2D eigenvalue weighted by Gasteiger charge is 2.14. The Balaban J connectivity index is 1.44. The Morgan fingerprint density at radius 2 is 1.93 bits per heavy atom. The number of carbonyl (C=O) groups excluding carboxylic acids is 2. The molecule has 2 aromatic carbocycles. The van der Waals surface area contributed by atoms with E-state index in [9.17, 15) is 9.59 Å². The highest BCUT2D eigenvalue weighted by Crippen LogP contribution is 2.27. The normalized spacial score (nSPS) is 10.7. The topological polar surface area (TPSA) is 97.6 Å². The summed E-state index contributed by atoms with van der Waals surface area (Å²) in [5.74, 6) is 0.393. The minimum atomic E-state index is -0.337. The molecule has 0 aliphatic rings. The second-order valence-electron chi connectivity index (χ2n) is 6.66. The summed E-state index contributed by atoms with van der Waals surface area (Å²) in [5.41, 5.74) is 3.54. The summed E-state index contributed by atoms with van der Waals surface area (Å²) < 4.78 is 7.18. The summed E-state index contributed by atoms with van der Waals surface area (Å²) >= 11 is 1.42. The fourth-order valence-electron chi connectivity index (χ4n) is 2.88. The predicted molar refractivity (Wildman–Crippen MR) is 116 cm³/mol. The van der Waals surface area contributed by atoms with Crippen LogP contribution in [0.5, 0.6) is 5.75 Å². The first-order valence-corrected chi connectivity index (χ1v) is 10.1. The summed E-state index contributed by atoms with van der Waals surface area (Å²) in [6.07, 6.45) is 0. The van der Waals surface area contributed by atoms with Crippen LogP contribution in [0.3, 0.4) is 0 Å². The Morgan fingerprint density at radius 3 is 2.67 bits per heavy atom. The molecule has 0 atom stereocenters. The van der Waals surface area contributed by atoms with Gasteiger partial charge in [-0.05, 0) is 36.8 Å². The number of anilines is 2. The van der Waals surface area contributed by atoms with Crippen LogP contribution in [0.1, 0.15) is 12.5 Å². The number of nitrogens with zero attached hydrogens (tertiary/aromatic N) is 3. The lowest BCUT2D eigenvalue weighted by molar-refractivity contribution is -0.118. The van der Waals surface area contributed by atoms with Gasteiger partial charge < -0.3 is 10.1 Å². The van der Waals surface area contributed by atoms with Crippen LogP contribution in [0.25, 0.3) is 16.2 Å². The van der Waals surface area contributed by atoms with Gasteiger partial charge in [-0.25, -0.2) is 4.52 Å². The molecular formula is C21H19N5O3S. The summed E-state index contributed by atoms with van der Waals surface area (Å²) in [4.78, 5) is 28.4. The standard InChI is InChI=1S/C21H19N5O3S/c1-13-4-3-5-17(10-13)29-11-19(28)23-20-24-21-26(25-20)18(12-30-21)15-6-8-16(9-7-15)22-14(2)27/h3-10,12H,11H2,1-2H3,(H,22,27)(H,23,25,28). The molecular weight excluding hydrogens is 402 g/mol. The van der Waals surface area contributed by atoms with Crippen molar-refractivity contribution in [1.82, 2.24) is 14.6 Å². The highest BCUT2D eigenvalue weighted by molar-refractivity contribution is 7.15. The van der Waals surface area contributed by atoms with Gasteiger partial charge in [-0.1, -0.05) is 24.3 Å². The van der Waals surface area contributed by atoms with Crippen LogP contribution in [0.15, 0.2) is 53.9 Å². The lowest BCUT2D eigenvalue weighted by Gasteiger charge is -2.06. The second kappa shape index (κ2) is 8.34. The van der Waals surface area contributed by atoms with Crippen LogP contribution in [0, 0.1) is 6.92 Å². The fraction of sp³-hybridized carbons (Fsp3) is 0.143. The van der Waals surface area contributed by atoms with Crippen LogP contribution in [-0.2, 0) is 9.59 Å². The van der Waals surface area contributed by atoms with Crippen molar-refractivity contribution in [3.8, 4) is 17.0 Å². The zero-order valence-electron chi connectivity index (χ0n) is 16.4. The minimum Gasteiger partial charge on any atom is -0.484 e. The minimum absolute atomic E-state index is 0.122. The smallest absolute Gasteiger partial charge is 0.264 e. The number of hydrogen-bond donors (Lipinski definition) is 2. The van der Waals surface area contributed by atoms with Crippen LogP contribution in [0.2, 0.25) is 0 Å². The molecule has 0 spiro atoms. The maximum absolute atomic E-state index is 12.2. The van der Waals surface area contributed by atoms with Crippen molar-refractivity contribution in [1.29, 1.82) is 0 Å². The van der Waals surface area contributed by atoms with Gasteiger partial charge in [0.05, 0.1) is 5.69 Å². The van der Waals surface area contributed by atoms with Gasteiger partial charge in [0, 0.05) is 23.6 Å². The van der Waals surface area contributed by atoms with E-state index in [4.69, 9.17) is 4.74 Å². The molecule has 0 aliphatic carbocycles.